The maximum Gasteiger partial charge on any atom is 0.276 e. The summed E-state index contributed by atoms with van der Waals surface area (Å²) >= 11 is 0. The Morgan fingerprint density at radius 2 is 2.13 bits per heavy atom. The molecule has 9 heteroatoms. The number of furan rings is 1. The zero-order valence-corrected chi connectivity index (χ0v) is 17.9. The fraction of sp³-hybridized carbons (Fsp3) is 0.476. The monoisotopic (exact) mass is 432 g/mol. The van der Waals surface area contributed by atoms with Gasteiger partial charge in [0.25, 0.3) is 10.0 Å². The van der Waals surface area contributed by atoms with Crippen LogP contribution in [-0.2, 0) is 21.4 Å². The van der Waals surface area contributed by atoms with E-state index in [1.54, 1.807) is 6.07 Å². The molecule has 2 aromatic rings. The topological polar surface area (TPSA) is 104 Å². The Morgan fingerprint density at radius 1 is 1.27 bits per heavy atom. The number of hydrazine groups is 1. The molecule has 0 saturated carbocycles. The molecule has 4 rings (SSSR count). The first-order valence-corrected chi connectivity index (χ1v) is 11.8. The first kappa shape index (κ1) is 21.0. The first-order chi connectivity index (χ1) is 14.4. The average molecular weight is 433 g/mol. The van der Waals surface area contributed by atoms with Crippen LogP contribution in [0.4, 0.5) is 0 Å². The van der Waals surface area contributed by atoms with Gasteiger partial charge in [0.15, 0.2) is 0 Å². The van der Waals surface area contributed by atoms with E-state index in [2.05, 4.69) is 16.2 Å². The molecule has 2 aliphatic heterocycles. The minimum absolute atomic E-state index is 0.0320. The van der Waals surface area contributed by atoms with E-state index in [1.165, 1.54) is 10.4 Å². The molecule has 0 radical (unpaired) electrons. The highest BCUT2D eigenvalue weighted by atomic mass is 32.2. The third-order valence-electron chi connectivity index (χ3n) is 5.68. The summed E-state index contributed by atoms with van der Waals surface area (Å²) in [5, 5.41) is 2.89. The van der Waals surface area contributed by atoms with Gasteiger partial charge in [-0.15, -0.1) is 0 Å². The number of hydrogen-bond acceptors (Lipinski definition) is 6. The summed E-state index contributed by atoms with van der Waals surface area (Å²) in [6.07, 6.45) is 2.15. The van der Waals surface area contributed by atoms with Gasteiger partial charge < -0.3 is 9.73 Å². The Labute approximate surface area is 177 Å². The maximum atomic E-state index is 13.1. The Kier molecular flexibility index (Phi) is 6.24. The highest BCUT2D eigenvalue weighted by Gasteiger charge is 2.35. The van der Waals surface area contributed by atoms with E-state index >= 15 is 0 Å². The van der Waals surface area contributed by atoms with Crippen molar-refractivity contribution in [3.05, 3.63) is 53.3 Å². The largest absolute Gasteiger partial charge is 0.447 e. The number of nitrogens with zero attached hydrogens (tertiary/aromatic N) is 1. The molecular weight excluding hydrogens is 404 g/mol. The van der Waals surface area contributed by atoms with Crippen molar-refractivity contribution in [2.45, 2.75) is 43.9 Å². The lowest BCUT2D eigenvalue weighted by molar-refractivity contribution is -0.126. The highest BCUT2D eigenvalue weighted by molar-refractivity contribution is 7.89. The summed E-state index contributed by atoms with van der Waals surface area (Å²) in [6.45, 7) is 3.81. The number of piperidine rings is 1. The van der Waals surface area contributed by atoms with Gasteiger partial charge in [-0.25, -0.2) is 13.8 Å². The Balaban J connectivity index is 1.39. The van der Waals surface area contributed by atoms with Crippen molar-refractivity contribution in [2.24, 2.45) is 5.92 Å². The zero-order valence-electron chi connectivity index (χ0n) is 17.1. The molecule has 3 heterocycles. The molecule has 2 aliphatic rings. The van der Waals surface area contributed by atoms with E-state index < -0.39 is 10.0 Å². The van der Waals surface area contributed by atoms with Gasteiger partial charge in [-0.2, -0.15) is 4.31 Å². The van der Waals surface area contributed by atoms with Gasteiger partial charge in [0.05, 0.1) is 12.0 Å². The molecule has 162 valence electrons. The van der Waals surface area contributed by atoms with Crippen molar-refractivity contribution < 1.29 is 17.6 Å². The molecule has 2 unspecified atom stereocenters. The average Bonchev–Trinajstić information content (AvgIpc) is 3.44. The van der Waals surface area contributed by atoms with Crippen LogP contribution >= 0.6 is 0 Å². The van der Waals surface area contributed by atoms with Crippen LogP contribution < -0.4 is 16.2 Å². The van der Waals surface area contributed by atoms with Crippen LogP contribution in [0.3, 0.4) is 0 Å². The van der Waals surface area contributed by atoms with E-state index in [-0.39, 0.29) is 29.5 Å². The first-order valence-electron chi connectivity index (χ1n) is 10.3. The van der Waals surface area contributed by atoms with E-state index in [0.29, 0.717) is 31.7 Å². The minimum atomic E-state index is -3.77. The number of nitrogens with one attached hydrogen (secondary N) is 3. The Bertz CT molecular complexity index is 998. The predicted molar refractivity (Wildman–Crippen MR) is 112 cm³/mol. The zero-order chi connectivity index (χ0) is 21.1. The fourth-order valence-electron chi connectivity index (χ4n) is 4.02. The number of rotatable bonds is 6. The molecule has 0 aliphatic carbocycles. The van der Waals surface area contributed by atoms with E-state index in [4.69, 9.17) is 4.42 Å². The van der Waals surface area contributed by atoms with Gasteiger partial charge in [-0.05, 0) is 43.9 Å². The van der Waals surface area contributed by atoms with Gasteiger partial charge in [-0.3, -0.25) is 10.2 Å². The lowest BCUT2D eigenvalue weighted by Gasteiger charge is -2.30. The van der Waals surface area contributed by atoms with Crippen molar-refractivity contribution in [3.8, 4) is 0 Å². The van der Waals surface area contributed by atoms with Gasteiger partial charge in [-0.1, -0.05) is 29.8 Å². The van der Waals surface area contributed by atoms with Gasteiger partial charge in [0.1, 0.15) is 5.76 Å². The van der Waals surface area contributed by atoms with Crippen LogP contribution in [0.2, 0.25) is 0 Å². The molecule has 2 atom stereocenters. The van der Waals surface area contributed by atoms with Crippen LogP contribution in [0.25, 0.3) is 0 Å². The SMILES string of the molecule is Cc1cccc(CNC(=O)C2CCCN(S(=O)(=O)c3ccc(C4CCNN4)o3)C2)c1. The number of benzene rings is 1. The second kappa shape index (κ2) is 8.89. The van der Waals surface area contributed by atoms with Crippen molar-refractivity contribution in [3.63, 3.8) is 0 Å². The van der Waals surface area contributed by atoms with Gasteiger partial charge in [0, 0.05) is 26.2 Å². The van der Waals surface area contributed by atoms with E-state index in [0.717, 1.165) is 24.1 Å². The summed E-state index contributed by atoms with van der Waals surface area (Å²) in [5.74, 6) is 0.120. The quantitative estimate of drug-likeness (QED) is 0.644. The summed E-state index contributed by atoms with van der Waals surface area (Å²) in [7, 11) is -3.77. The molecule has 0 bridgehead atoms. The van der Waals surface area contributed by atoms with Crippen molar-refractivity contribution in [1.29, 1.82) is 0 Å². The fourth-order valence-corrected chi connectivity index (χ4v) is 5.46. The molecule has 1 amide bonds. The van der Waals surface area contributed by atoms with Crippen LogP contribution in [-0.4, -0.2) is 38.3 Å². The number of hydrogen-bond donors (Lipinski definition) is 3. The van der Waals surface area contributed by atoms with E-state index in [9.17, 15) is 13.2 Å². The molecule has 30 heavy (non-hydrogen) atoms. The van der Waals surface area contributed by atoms with Crippen molar-refractivity contribution >= 4 is 15.9 Å². The standard InChI is InChI=1S/C21H28N4O4S/c1-15-4-2-5-16(12-15)13-22-21(26)17-6-3-11-25(14-17)30(27,28)20-8-7-19(29-20)18-9-10-23-24-18/h2,4-5,7-8,12,17-18,23-24H,3,6,9-11,13-14H2,1H3,(H,22,26). The molecule has 0 spiro atoms. The van der Waals surface area contributed by atoms with Crippen LogP contribution in [0.15, 0.2) is 45.9 Å². The summed E-state index contributed by atoms with van der Waals surface area (Å²) in [6, 6.07) is 11.1. The van der Waals surface area contributed by atoms with Crippen molar-refractivity contribution in [2.75, 3.05) is 19.6 Å². The molecule has 1 aromatic heterocycles. The number of carbonyl (C=O) groups is 1. The van der Waals surface area contributed by atoms with Crippen LogP contribution in [0.5, 0.6) is 0 Å². The van der Waals surface area contributed by atoms with Crippen molar-refractivity contribution in [1.82, 2.24) is 20.5 Å². The number of sulfonamides is 1. The van der Waals surface area contributed by atoms with Gasteiger partial charge in [0.2, 0.25) is 11.0 Å². The summed E-state index contributed by atoms with van der Waals surface area (Å²) < 4.78 is 33.2. The molecule has 2 saturated heterocycles. The van der Waals surface area contributed by atoms with Crippen LogP contribution in [0.1, 0.15) is 42.2 Å². The Morgan fingerprint density at radius 3 is 2.90 bits per heavy atom. The third kappa shape index (κ3) is 4.59. The summed E-state index contributed by atoms with van der Waals surface area (Å²) in [5.41, 5.74) is 8.24. The maximum absolute atomic E-state index is 13.1. The molecular formula is C21H28N4O4S. The Hall–Kier alpha value is -2.20. The smallest absolute Gasteiger partial charge is 0.276 e. The molecule has 3 N–H and O–H groups in total. The van der Waals surface area contributed by atoms with Crippen LogP contribution in [0, 0.1) is 12.8 Å². The second-order valence-electron chi connectivity index (χ2n) is 7.98. The third-order valence-corrected chi connectivity index (χ3v) is 7.42. The van der Waals surface area contributed by atoms with Gasteiger partial charge >= 0.3 is 0 Å². The number of aryl methyl sites for hydroxylation is 1. The highest BCUT2D eigenvalue weighted by Crippen LogP contribution is 2.28. The number of carbonyl (C=O) groups excluding carboxylic acids is 1. The lowest BCUT2D eigenvalue weighted by atomic mass is 9.98. The minimum Gasteiger partial charge on any atom is -0.447 e. The molecule has 2 fully saturated rings. The lowest BCUT2D eigenvalue weighted by Crippen LogP contribution is -2.45. The predicted octanol–water partition coefficient (Wildman–Crippen LogP) is 1.84. The molecule has 8 nitrogen and oxygen atoms in total. The van der Waals surface area contributed by atoms with E-state index in [1.807, 2.05) is 31.2 Å². The summed E-state index contributed by atoms with van der Waals surface area (Å²) in [4.78, 5) is 12.7. The second-order valence-corrected chi connectivity index (χ2v) is 9.85. The number of amides is 1. The molecule has 1 aromatic carbocycles. The normalized spacial score (nSPS) is 22.8.